The number of unbranched alkanes of at least 4 members (excludes halogenated alkanes) is 1. The number of rotatable bonds is 5. The molecule has 0 aromatic rings. The van der Waals surface area contributed by atoms with Crippen LogP contribution in [0.2, 0.25) is 0 Å². The Morgan fingerprint density at radius 1 is 1.50 bits per heavy atom. The summed E-state index contributed by atoms with van der Waals surface area (Å²) in [4.78, 5) is 2.54. The van der Waals surface area contributed by atoms with Crippen LogP contribution in [0.5, 0.6) is 0 Å². The van der Waals surface area contributed by atoms with E-state index in [2.05, 4.69) is 24.8 Å². The lowest BCUT2D eigenvalue weighted by molar-refractivity contribution is 0.285. The molecule has 2 heteroatoms. The summed E-state index contributed by atoms with van der Waals surface area (Å²) >= 11 is 0. The molecule has 14 heavy (non-hydrogen) atoms. The van der Waals surface area contributed by atoms with E-state index in [-0.39, 0.29) is 0 Å². The van der Waals surface area contributed by atoms with E-state index < -0.39 is 0 Å². The van der Waals surface area contributed by atoms with Gasteiger partial charge in [-0.1, -0.05) is 18.1 Å². The van der Waals surface area contributed by atoms with Crippen LogP contribution in [0.15, 0.2) is 11.6 Å². The molecule has 1 unspecified atom stereocenters. The molecule has 1 heterocycles. The second-order valence-corrected chi connectivity index (χ2v) is 4.57. The Kier molecular flexibility index (Phi) is 5.20. The number of hydrogen-bond donors (Lipinski definition) is 1. The van der Waals surface area contributed by atoms with Crippen molar-refractivity contribution in [2.45, 2.75) is 45.6 Å². The van der Waals surface area contributed by atoms with Gasteiger partial charge in [0.2, 0.25) is 0 Å². The molecule has 2 nitrogen and oxygen atoms in total. The molecular weight excluding hydrogens is 172 g/mol. The molecule has 0 bridgehead atoms. The summed E-state index contributed by atoms with van der Waals surface area (Å²) in [5.41, 5.74) is 7.26. The molecule has 0 aliphatic carbocycles. The van der Waals surface area contributed by atoms with Crippen LogP contribution in [0, 0.1) is 0 Å². The smallest absolute Gasteiger partial charge is 0.0165 e. The van der Waals surface area contributed by atoms with Crippen LogP contribution >= 0.6 is 0 Å². The summed E-state index contributed by atoms with van der Waals surface area (Å²) < 4.78 is 0. The Labute approximate surface area is 88.2 Å². The quantitative estimate of drug-likeness (QED) is 0.539. The first-order valence-electron chi connectivity index (χ1n) is 5.82. The number of hydrogen-bond acceptors (Lipinski definition) is 2. The fourth-order valence-electron chi connectivity index (χ4n) is 1.82. The molecule has 1 atom stereocenters. The SMILES string of the molecule is CC1=CCN(CCCCC(C)N)CC1. The third-order valence-electron chi connectivity index (χ3n) is 2.90. The maximum absolute atomic E-state index is 5.71. The van der Waals surface area contributed by atoms with Crippen molar-refractivity contribution in [3.63, 3.8) is 0 Å². The van der Waals surface area contributed by atoms with Crippen molar-refractivity contribution >= 4 is 0 Å². The van der Waals surface area contributed by atoms with Crippen LogP contribution < -0.4 is 5.73 Å². The van der Waals surface area contributed by atoms with Crippen LogP contribution in [0.25, 0.3) is 0 Å². The zero-order valence-electron chi connectivity index (χ0n) is 9.63. The lowest BCUT2D eigenvalue weighted by atomic mass is 10.1. The summed E-state index contributed by atoms with van der Waals surface area (Å²) in [6, 6.07) is 0.374. The Balaban J connectivity index is 2.03. The van der Waals surface area contributed by atoms with Crippen molar-refractivity contribution < 1.29 is 0 Å². The van der Waals surface area contributed by atoms with E-state index in [1.54, 1.807) is 5.57 Å². The van der Waals surface area contributed by atoms with Gasteiger partial charge in [-0.3, -0.25) is 4.90 Å². The molecule has 0 amide bonds. The third kappa shape index (κ3) is 4.77. The summed E-state index contributed by atoms with van der Waals surface area (Å²) in [6.45, 7) is 7.97. The fraction of sp³-hybridized carbons (Fsp3) is 0.833. The zero-order chi connectivity index (χ0) is 10.4. The standard InChI is InChI=1S/C12H24N2/c1-11-6-9-14(10-7-11)8-4-3-5-12(2)13/h6,12H,3-5,7-10,13H2,1-2H3. The van der Waals surface area contributed by atoms with Gasteiger partial charge in [-0.15, -0.1) is 0 Å². The van der Waals surface area contributed by atoms with Crippen molar-refractivity contribution in [1.29, 1.82) is 0 Å². The predicted octanol–water partition coefficient (Wildman–Crippen LogP) is 2.16. The summed E-state index contributed by atoms with van der Waals surface area (Å²) in [6.07, 6.45) is 7.36. The van der Waals surface area contributed by atoms with Crippen molar-refractivity contribution in [2.24, 2.45) is 5.73 Å². The average molecular weight is 196 g/mol. The van der Waals surface area contributed by atoms with Crippen LogP contribution in [-0.2, 0) is 0 Å². The topological polar surface area (TPSA) is 29.3 Å². The molecule has 0 saturated heterocycles. The fourth-order valence-corrected chi connectivity index (χ4v) is 1.82. The summed E-state index contributed by atoms with van der Waals surface area (Å²) in [5.74, 6) is 0. The molecule has 1 rings (SSSR count). The maximum Gasteiger partial charge on any atom is 0.0165 e. The van der Waals surface area contributed by atoms with Crippen LogP contribution in [0.3, 0.4) is 0 Å². The molecule has 0 spiro atoms. The normalized spacial score (nSPS) is 20.6. The Morgan fingerprint density at radius 2 is 2.29 bits per heavy atom. The molecule has 0 saturated carbocycles. The maximum atomic E-state index is 5.71. The lowest BCUT2D eigenvalue weighted by Gasteiger charge is -2.25. The lowest BCUT2D eigenvalue weighted by Crippen LogP contribution is -2.29. The molecule has 0 fully saturated rings. The minimum atomic E-state index is 0.374. The highest BCUT2D eigenvalue weighted by molar-refractivity contribution is 5.03. The highest BCUT2D eigenvalue weighted by Gasteiger charge is 2.08. The first-order valence-corrected chi connectivity index (χ1v) is 5.82. The van der Waals surface area contributed by atoms with Gasteiger partial charge in [-0.05, 0) is 39.7 Å². The summed E-state index contributed by atoms with van der Waals surface area (Å²) in [7, 11) is 0. The largest absolute Gasteiger partial charge is 0.328 e. The average Bonchev–Trinajstić information content (AvgIpc) is 2.15. The highest BCUT2D eigenvalue weighted by Crippen LogP contribution is 2.10. The molecule has 82 valence electrons. The van der Waals surface area contributed by atoms with Gasteiger partial charge in [-0.2, -0.15) is 0 Å². The minimum Gasteiger partial charge on any atom is -0.328 e. The zero-order valence-corrected chi connectivity index (χ0v) is 9.63. The molecule has 0 radical (unpaired) electrons. The van der Waals surface area contributed by atoms with Crippen molar-refractivity contribution in [2.75, 3.05) is 19.6 Å². The van der Waals surface area contributed by atoms with Crippen LogP contribution in [0.1, 0.15) is 39.5 Å². The second-order valence-electron chi connectivity index (χ2n) is 4.57. The van der Waals surface area contributed by atoms with Gasteiger partial charge in [0, 0.05) is 19.1 Å². The second kappa shape index (κ2) is 6.20. The van der Waals surface area contributed by atoms with Gasteiger partial charge < -0.3 is 5.73 Å². The number of nitrogens with zero attached hydrogens (tertiary/aromatic N) is 1. The van der Waals surface area contributed by atoms with E-state index in [1.807, 2.05) is 0 Å². The van der Waals surface area contributed by atoms with Crippen molar-refractivity contribution in [3.05, 3.63) is 11.6 Å². The van der Waals surface area contributed by atoms with E-state index in [0.717, 1.165) is 6.54 Å². The predicted molar refractivity (Wildman–Crippen MR) is 62.3 cm³/mol. The first-order chi connectivity index (χ1) is 6.68. The van der Waals surface area contributed by atoms with E-state index >= 15 is 0 Å². The van der Waals surface area contributed by atoms with E-state index in [4.69, 9.17) is 5.73 Å². The van der Waals surface area contributed by atoms with Gasteiger partial charge >= 0.3 is 0 Å². The van der Waals surface area contributed by atoms with Gasteiger partial charge in [0.1, 0.15) is 0 Å². The van der Waals surface area contributed by atoms with Crippen molar-refractivity contribution in [1.82, 2.24) is 4.90 Å². The van der Waals surface area contributed by atoms with Crippen LogP contribution in [0.4, 0.5) is 0 Å². The van der Waals surface area contributed by atoms with E-state index in [1.165, 1.54) is 38.8 Å². The van der Waals surface area contributed by atoms with Crippen molar-refractivity contribution in [3.8, 4) is 0 Å². The van der Waals surface area contributed by atoms with Gasteiger partial charge in [0.05, 0.1) is 0 Å². The molecule has 1 aliphatic rings. The minimum absolute atomic E-state index is 0.374. The van der Waals surface area contributed by atoms with Gasteiger partial charge in [-0.25, -0.2) is 0 Å². The van der Waals surface area contributed by atoms with Crippen LogP contribution in [-0.4, -0.2) is 30.6 Å². The Morgan fingerprint density at radius 3 is 2.86 bits per heavy atom. The van der Waals surface area contributed by atoms with E-state index in [9.17, 15) is 0 Å². The van der Waals surface area contributed by atoms with Gasteiger partial charge in [0.15, 0.2) is 0 Å². The monoisotopic (exact) mass is 196 g/mol. The molecule has 0 aromatic heterocycles. The molecule has 1 aliphatic heterocycles. The van der Waals surface area contributed by atoms with E-state index in [0.29, 0.717) is 6.04 Å². The first kappa shape index (κ1) is 11.7. The highest BCUT2D eigenvalue weighted by atomic mass is 15.1. The molecular formula is C12H24N2. The van der Waals surface area contributed by atoms with Gasteiger partial charge in [0.25, 0.3) is 0 Å². The molecule has 2 N–H and O–H groups in total. The Bertz CT molecular complexity index is 185. The summed E-state index contributed by atoms with van der Waals surface area (Å²) in [5, 5.41) is 0. The third-order valence-corrected chi connectivity index (χ3v) is 2.90. The Hall–Kier alpha value is -0.340. The molecule has 0 aromatic carbocycles. The number of nitrogens with two attached hydrogens (primary N) is 1.